The molecule has 1 saturated heterocycles. The van der Waals surface area contributed by atoms with E-state index in [0.717, 1.165) is 0 Å². The van der Waals surface area contributed by atoms with Gasteiger partial charge in [0.1, 0.15) is 11.9 Å². The van der Waals surface area contributed by atoms with E-state index in [9.17, 15) is 5.11 Å². The van der Waals surface area contributed by atoms with Crippen LogP contribution < -0.4 is 0 Å². The quantitative estimate of drug-likeness (QED) is 0.783. The molecular formula is C9H11ClO4. The van der Waals surface area contributed by atoms with Gasteiger partial charge >= 0.3 is 0 Å². The number of ether oxygens (including phenoxy) is 2. The van der Waals surface area contributed by atoms with Crippen molar-refractivity contribution in [3.8, 4) is 0 Å². The van der Waals surface area contributed by atoms with Crippen molar-refractivity contribution in [1.29, 1.82) is 0 Å². The molecule has 78 valence electrons. The molecule has 1 unspecified atom stereocenters. The summed E-state index contributed by atoms with van der Waals surface area (Å²) in [6.07, 6.45) is -1.21. The highest BCUT2D eigenvalue weighted by atomic mass is 35.5. The van der Waals surface area contributed by atoms with Crippen LogP contribution in [0.4, 0.5) is 0 Å². The molecule has 0 aliphatic carbocycles. The summed E-state index contributed by atoms with van der Waals surface area (Å²) < 4.78 is 15.8. The van der Waals surface area contributed by atoms with Crippen LogP contribution in [0.5, 0.6) is 0 Å². The lowest BCUT2D eigenvalue weighted by Gasteiger charge is -2.05. The van der Waals surface area contributed by atoms with E-state index >= 15 is 0 Å². The van der Waals surface area contributed by atoms with Gasteiger partial charge < -0.3 is 19.0 Å². The van der Waals surface area contributed by atoms with E-state index in [1.807, 2.05) is 0 Å². The highest BCUT2D eigenvalue weighted by Gasteiger charge is 2.22. The Morgan fingerprint density at radius 1 is 1.43 bits per heavy atom. The number of alkyl halides is 1. The number of furan rings is 1. The molecule has 1 fully saturated rings. The molecule has 1 aromatic rings. The van der Waals surface area contributed by atoms with E-state index in [2.05, 4.69) is 0 Å². The second kappa shape index (κ2) is 4.31. The molecule has 1 N–H and O–H groups in total. The highest BCUT2D eigenvalue weighted by molar-refractivity contribution is 6.18. The predicted molar refractivity (Wildman–Crippen MR) is 49.0 cm³/mol. The fourth-order valence-corrected chi connectivity index (χ4v) is 1.42. The third-order valence-corrected chi connectivity index (χ3v) is 2.27. The van der Waals surface area contributed by atoms with Crippen LogP contribution in [0.1, 0.15) is 23.9 Å². The third kappa shape index (κ3) is 1.93. The SMILES string of the molecule is OC(CCl)c1ccc(C2OCCO2)o1. The van der Waals surface area contributed by atoms with E-state index in [1.54, 1.807) is 12.1 Å². The van der Waals surface area contributed by atoms with Gasteiger partial charge in [-0.15, -0.1) is 11.6 Å². The van der Waals surface area contributed by atoms with E-state index < -0.39 is 12.4 Å². The molecule has 1 atom stereocenters. The Hall–Kier alpha value is -0.550. The van der Waals surface area contributed by atoms with Crippen molar-refractivity contribution >= 4 is 11.6 Å². The minimum atomic E-state index is -0.771. The normalized spacial score (nSPS) is 20.1. The maximum atomic E-state index is 9.38. The summed E-state index contributed by atoms with van der Waals surface area (Å²) >= 11 is 5.48. The smallest absolute Gasteiger partial charge is 0.217 e. The lowest BCUT2D eigenvalue weighted by Crippen LogP contribution is -1.97. The Kier molecular flexibility index (Phi) is 3.08. The number of hydrogen-bond acceptors (Lipinski definition) is 4. The molecule has 0 aromatic carbocycles. The van der Waals surface area contributed by atoms with Gasteiger partial charge in [0.15, 0.2) is 5.76 Å². The average Bonchev–Trinajstić information content (AvgIpc) is 2.86. The molecule has 1 aliphatic rings. The molecule has 0 radical (unpaired) electrons. The maximum absolute atomic E-state index is 9.38. The summed E-state index contributed by atoms with van der Waals surface area (Å²) in [6.45, 7) is 1.14. The molecule has 0 amide bonds. The van der Waals surface area contributed by atoms with Crippen LogP contribution in [-0.4, -0.2) is 24.2 Å². The Labute approximate surface area is 86.4 Å². The van der Waals surface area contributed by atoms with Crippen LogP contribution in [0.25, 0.3) is 0 Å². The number of aliphatic hydroxyl groups excluding tert-OH is 1. The monoisotopic (exact) mass is 218 g/mol. The van der Waals surface area contributed by atoms with Crippen LogP contribution in [0.3, 0.4) is 0 Å². The first-order valence-corrected chi connectivity index (χ1v) is 4.91. The van der Waals surface area contributed by atoms with Crippen molar-refractivity contribution in [2.45, 2.75) is 12.4 Å². The minimum Gasteiger partial charge on any atom is -0.458 e. The molecule has 2 heterocycles. The maximum Gasteiger partial charge on any atom is 0.217 e. The lowest BCUT2D eigenvalue weighted by atomic mass is 10.3. The van der Waals surface area contributed by atoms with Crippen LogP contribution >= 0.6 is 11.6 Å². The summed E-state index contributed by atoms with van der Waals surface area (Å²) in [7, 11) is 0. The van der Waals surface area contributed by atoms with Crippen LogP contribution in [0, 0.1) is 0 Å². The summed E-state index contributed by atoms with van der Waals surface area (Å²) in [5.74, 6) is 1.12. The van der Waals surface area contributed by atoms with Crippen LogP contribution in [0.15, 0.2) is 16.5 Å². The van der Waals surface area contributed by atoms with Gasteiger partial charge in [0.05, 0.1) is 19.1 Å². The molecule has 14 heavy (non-hydrogen) atoms. The largest absolute Gasteiger partial charge is 0.458 e. The van der Waals surface area contributed by atoms with Crippen molar-refractivity contribution < 1.29 is 19.0 Å². The van der Waals surface area contributed by atoms with Crippen molar-refractivity contribution in [2.75, 3.05) is 19.1 Å². The van der Waals surface area contributed by atoms with Gasteiger partial charge in [0.2, 0.25) is 6.29 Å². The van der Waals surface area contributed by atoms with Crippen molar-refractivity contribution in [3.63, 3.8) is 0 Å². The topological polar surface area (TPSA) is 51.8 Å². The molecule has 1 aromatic heterocycles. The molecule has 0 saturated carbocycles. The Morgan fingerprint density at radius 2 is 2.14 bits per heavy atom. The Balaban J connectivity index is 2.08. The molecule has 4 nitrogen and oxygen atoms in total. The van der Waals surface area contributed by atoms with Gasteiger partial charge in [0, 0.05) is 0 Å². The number of aliphatic hydroxyl groups is 1. The standard InChI is InChI=1S/C9H11ClO4/c10-5-6(11)7-1-2-8(14-7)9-12-3-4-13-9/h1-2,6,9,11H,3-5H2. The van der Waals surface area contributed by atoms with E-state index in [4.69, 9.17) is 25.5 Å². The van der Waals surface area contributed by atoms with Gasteiger partial charge in [-0.25, -0.2) is 0 Å². The Morgan fingerprint density at radius 3 is 2.79 bits per heavy atom. The van der Waals surface area contributed by atoms with E-state index in [-0.39, 0.29) is 5.88 Å². The first kappa shape index (κ1) is 9.98. The first-order valence-electron chi connectivity index (χ1n) is 4.38. The number of halogens is 1. The molecule has 1 aliphatic heterocycles. The summed E-state index contributed by atoms with van der Waals surface area (Å²) in [5, 5.41) is 9.38. The summed E-state index contributed by atoms with van der Waals surface area (Å²) in [5.41, 5.74) is 0. The average molecular weight is 219 g/mol. The molecular weight excluding hydrogens is 208 g/mol. The van der Waals surface area contributed by atoms with E-state index in [0.29, 0.717) is 24.7 Å². The van der Waals surface area contributed by atoms with Crippen molar-refractivity contribution in [2.24, 2.45) is 0 Å². The second-order valence-electron chi connectivity index (χ2n) is 2.98. The summed E-state index contributed by atoms with van der Waals surface area (Å²) in [6, 6.07) is 3.40. The zero-order valence-electron chi connectivity index (χ0n) is 7.48. The minimum absolute atomic E-state index is 0.110. The van der Waals surface area contributed by atoms with Crippen LogP contribution in [-0.2, 0) is 9.47 Å². The number of rotatable bonds is 3. The van der Waals surface area contributed by atoms with Gasteiger partial charge in [0.25, 0.3) is 0 Å². The summed E-state index contributed by atoms with van der Waals surface area (Å²) in [4.78, 5) is 0. The Bertz CT molecular complexity index is 293. The van der Waals surface area contributed by atoms with Crippen molar-refractivity contribution in [1.82, 2.24) is 0 Å². The fraction of sp³-hybridized carbons (Fsp3) is 0.556. The second-order valence-corrected chi connectivity index (χ2v) is 3.29. The van der Waals surface area contributed by atoms with E-state index in [1.165, 1.54) is 0 Å². The molecule has 0 bridgehead atoms. The van der Waals surface area contributed by atoms with Gasteiger partial charge in [-0.2, -0.15) is 0 Å². The van der Waals surface area contributed by atoms with Crippen LogP contribution in [0.2, 0.25) is 0 Å². The number of hydrogen-bond donors (Lipinski definition) is 1. The zero-order valence-corrected chi connectivity index (χ0v) is 8.24. The fourth-order valence-electron chi connectivity index (χ4n) is 1.27. The van der Waals surface area contributed by atoms with Crippen molar-refractivity contribution in [3.05, 3.63) is 23.7 Å². The predicted octanol–water partition coefficient (Wildman–Crippen LogP) is 1.60. The molecule has 5 heteroatoms. The van der Waals surface area contributed by atoms with Gasteiger partial charge in [-0.1, -0.05) is 0 Å². The highest BCUT2D eigenvalue weighted by Crippen LogP contribution is 2.27. The van der Waals surface area contributed by atoms with Gasteiger partial charge in [-0.05, 0) is 12.1 Å². The molecule has 0 spiro atoms. The lowest BCUT2D eigenvalue weighted by molar-refractivity contribution is -0.0603. The zero-order chi connectivity index (χ0) is 9.97. The third-order valence-electron chi connectivity index (χ3n) is 1.98. The molecule has 2 rings (SSSR count). The first-order chi connectivity index (χ1) is 6.81. The van der Waals surface area contributed by atoms with Gasteiger partial charge in [-0.3, -0.25) is 0 Å².